The minimum atomic E-state index is -1.26. The first kappa shape index (κ1) is 25.0. The first-order chi connectivity index (χ1) is 15.7. The summed E-state index contributed by atoms with van der Waals surface area (Å²) in [6.45, 7) is 1.54. The highest BCUT2D eigenvalue weighted by atomic mass is 16.5. The van der Waals surface area contributed by atoms with Crippen LogP contribution in [0.15, 0.2) is 53.5 Å². The second kappa shape index (κ2) is 11.9. The maximum Gasteiger partial charge on any atom is 0.326 e. The van der Waals surface area contributed by atoms with Crippen LogP contribution in [0.3, 0.4) is 0 Å². The van der Waals surface area contributed by atoms with Gasteiger partial charge < -0.3 is 20.9 Å². The molecule has 2 rings (SSSR count). The lowest BCUT2D eigenvalue weighted by molar-refractivity contribution is -0.142. The van der Waals surface area contributed by atoms with Crippen LogP contribution in [0.5, 0.6) is 5.75 Å². The van der Waals surface area contributed by atoms with Gasteiger partial charge in [-0.25, -0.2) is 9.59 Å². The number of carboxylic acids is 1. The summed E-state index contributed by atoms with van der Waals surface area (Å²) in [5.74, 6) is -2.94. The number of nitrogens with one attached hydrogen (secondary N) is 1. The molecule has 10 heteroatoms. The molecular formula is C23H23N3O7. The number of benzene rings is 2. The molecule has 0 bridgehead atoms. The molecule has 2 aromatic carbocycles. The van der Waals surface area contributed by atoms with Gasteiger partial charge in [0.1, 0.15) is 11.8 Å². The summed E-state index contributed by atoms with van der Waals surface area (Å²) in [6.07, 6.45) is 1.16. The molecule has 0 aliphatic rings. The fourth-order valence-corrected chi connectivity index (χ4v) is 2.76. The molecule has 0 heterocycles. The van der Waals surface area contributed by atoms with Gasteiger partial charge in [0.25, 0.3) is 0 Å². The molecule has 2 aromatic rings. The maximum absolute atomic E-state index is 12.6. The van der Waals surface area contributed by atoms with E-state index in [9.17, 15) is 24.0 Å². The van der Waals surface area contributed by atoms with Gasteiger partial charge in [0.05, 0.1) is 18.2 Å². The van der Waals surface area contributed by atoms with Crippen LogP contribution in [0.1, 0.15) is 35.7 Å². The topological polar surface area (TPSA) is 165 Å². The third-order valence-electron chi connectivity index (χ3n) is 4.66. The van der Waals surface area contributed by atoms with E-state index in [2.05, 4.69) is 10.3 Å². The Kier molecular flexibility index (Phi) is 9.02. The smallest absolute Gasteiger partial charge is 0.326 e. The Hall–Kier alpha value is -4.30. The van der Waals surface area contributed by atoms with Crippen LogP contribution in [-0.2, 0) is 19.2 Å². The Morgan fingerprint density at radius 3 is 2.15 bits per heavy atom. The van der Waals surface area contributed by atoms with Gasteiger partial charge in [0, 0.05) is 17.5 Å². The van der Waals surface area contributed by atoms with Crippen molar-refractivity contribution in [3.8, 4) is 5.75 Å². The number of carbonyl (C=O) groups excluding carboxylic acids is 4. The number of rotatable bonds is 12. The number of nitrogens with zero attached hydrogens (tertiary/aromatic N) is 1. The van der Waals surface area contributed by atoms with E-state index < -0.39 is 29.7 Å². The van der Waals surface area contributed by atoms with Crippen molar-refractivity contribution in [1.29, 1.82) is 0 Å². The minimum Gasteiger partial charge on any atom is -0.493 e. The van der Waals surface area contributed by atoms with Gasteiger partial charge in [-0.15, -0.1) is 0 Å². The van der Waals surface area contributed by atoms with E-state index in [1.54, 1.807) is 43.3 Å². The van der Waals surface area contributed by atoms with Crippen molar-refractivity contribution in [1.82, 2.24) is 5.32 Å². The minimum absolute atomic E-state index is 0.0278. The molecule has 0 aliphatic heterocycles. The van der Waals surface area contributed by atoms with Gasteiger partial charge in [-0.2, -0.15) is 4.99 Å². The lowest BCUT2D eigenvalue weighted by Gasteiger charge is -2.18. The Morgan fingerprint density at radius 2 is 1.64 bits per heavy atom. The Labute approximate surface area is 189 Å². The molecular weight excluding hydrogens is 430 g/mol. The van der Waals surface area contributed by atoms with Gasteiger partial charge in [0.2, 0.25) is 17.9 Å². The second-order valence-electron chi connectivity index (χ2n) is 7.22. The van der Waals surface area contributed by atoms with Crippen LogP contribution >= 0.6 is 0 Å². The summed E-state index contributed by atoms with van der Waals surface area (Å²) in [4.78, 5) is 60.6. The number of hydrogen-bond acceptors (Lipinski definition) is 7. The first-order valence-electron chi connectivity index (χ1n) is 9.98. The molecule has 2 amide bonds. The number of ether oxygens (including phenoxy) is 1. The summed E-state index contributed by atoms with van der Waals surface area (Å²) in [5.41, 5.74) is 6.25. The van der Waals surface area contributed by atoms with Crippen LogP contribution in [-0.4, -0.2) is 47.4 Å². The van der Waals surface area contributed by atoms with Crippen LogP contribution in [0.25, 0.3) is 0 Å². The number of aliphatic imine (C=N–C) groups is 1. The number of hydrogen-bond donors (Lipinski definition) is 3. The molecule has 2 atom stereocenters. The number of nitrogens with two attached hydrogens (primary N) is 1. The van der Waals surface area contributed by atoms with Crippen molar-refractivity contribution in [3.63, 3.8) is 0 Å². The van der Waals surface area contributed by atoms with Crippen LogP contribution in [0.2, 0.25) is 0 Å². The van der Waals surface area contributed by atoms with E-state index >= 15 is 0 Å². The molecule has 0 aromatic heterocycles. The van der Waals surface area contributed by atoms with Gasteiger partial charge in [-0.1, -0.05) is 6.92 Å². The summed E-state index contributed by atoms with van der Waals surface area (Å²) in [7, 11) is 0. The summed E-state index contributed by atoms with van der Waals surface area (Å²) < 4.78 is 5.57. The molecule has 10 nitrogen and oxygen atoms in total. The number of ketones is 1. The van der Waals surface area contributed by atoms with Crippen molar-refractivity contribution < 1.29 is 33.8 Å². The zero-order valence-electron chi connectivity index (χ0n) is 17.8. The van der Waals surface area contributed by atoms with Crippen molar-refractivity contribution in [2.24, 2.45) is 16.6 Å². The standard InChI is InChI=1S/C23H23N3O7/c1-14(22(30)26-19(23(31)32)10-11-20(24)28)12-33-18-8-4-16(5-9-18)21(29)15-2-6-17(7-3-15)25-13-27/h2-9,14,19H,10-12H2,1H3,(H2,24,28)(H,26,30)(H,31,32). The lowest BCUT2D eigenvalue weighted by atomic mass is 10.0. The van der Waals surface area contributed by atoms with Gasteiger partial charge in [-0.05, 0) is 55.0 Å². The summed E-state index contributed by atoms with van der Waals surface area (Å²) >= 11 is 0. The molecule has 0 aliphatic carbocycles. The molecule has 33 heavy (non-hydrogen) atoms. The van der Waals surface area contributed by atoms with E-state index in [4.69, 9.17) is 15.6 Å². The van der Waals surface area contributed by atoms with Crippen LogP contribution in [0, 0.1) is 5.92 Å². The monoisotopic (exact) mass is 453 g/mol. The highest BCUT2D eigenvalue weighted by molar-refractivity contribution is 6.09. The second-order valence-corrected chi connectivity index (χ2v) is 7.22. The van der Waals surface area contributed by atoms with E-state index in [0.29, 0.717) is 22.6 Å². The van der Waals surface area contributed by atoms with E-state index in [1.165, 1.54) is 18.2 Å². The van der Waals surface area contributed by atoms with Crippen molar-refractivity contribution in [3.05, 3.63) is 59.7 Å². The third kappa shape index (κ3) is 7.71. The molecule has 4 N–H and O–H groups in total. The molecule has 0 saturated heterocycles. The lowest BCUT2D eigenvalue weighted by Crippen LogP contribution is -2.44. The SMILES string of the molecule is CC(COc1ccc(C(=O)c2ccc(N=C=O)cc2)cc1)C(=O)NC(CCC(N)=O)C(=O)O. The fourth-order valence-electron chi connectivity index (χ4n) is 2.76. The number of primary amides is 1. The Morgan fingerprint density at radius 1 is 1.06 bits per heavy atom. The molecule has 172 valence electrons. The number of carbonyl (C=O) groups is 4. The largest absolute Gasteiger partial charge is 0.493 e. The van der Waals surface area contributed by atoms with Gasteiger partial charge >= 0.3 is 5.97 Å². The Bertz CT molecular complexity index is 1060. The van der Waals surface area contributed by atoms with Crippen LogP contribution < -0.4 is 15.8 Å². The van der Waals surface area contributed by atoms with Gasteiger partial charge in [0.15, 0.2) is 5.78 Å². The normalized spacial score (nSPS) is 12.0. The number of isocyanates is 1. The zero-order chi connectivity index (χ0) is 24.4. The van der Waals surface area contributed by atoms with Gasteiger partial charge in [-0.3, -0.25) is 14.4 Å². The summed E-state index contributed by atoms with van der Waals surface area (Å²) in [5, 5.41) is 11.5. The number of carboxylic acid groups (broad SMARTS) is 1. The number of amides is 2. The zero-order valence-corrected chi connectivity index (χ0v) is 17.8. The highest BCUT2D eigenvalue weighted by Crippen LogP contribution is 2.18. The quantitative estimate of drug-likeness (QED) is 0.250. The van der Waals surface area contributed by atoms with Crippen molar-refractivity contribution in [2.75, 3.05) is 6.61 Å². The molecule has 0 fully saturated rings. The molecule has 0 saturated carbocycles. The van der Waals surface area contributed by atoms with E-state index in [0.717, 1.165) is 0 Å². The highest BCUT2D eigenvalue weighted by Gasteiger charge is 2.23. The summed E-state index contributed by atoms with van der Waals surface area (Å²) in [6, 6.07) is 11.3. The van der Waals surface area contributed by atoms with Crippen LogP contribution in [0.4, 0.5) is 5.69 Å². The first-order valence-corrected chi connectivity index (χ1v) is 9.98. The third-order valence-corrected chi connectivity index (χ3v) is 4.66. The average molecular weight is 453 g/mol. The number of aliphatic carboxylic acids is 1. The Balaban J connectivity index is 1.91. The predicted octanol–water partition coefficient (Wildman–Crippen LogP) is 1.73. The molecule has 0 spiro atoms. The van der Waals surface area contributed by atoms with E-state index in [1.807, 2.05) is 0 Å². The molecule has 2 unspecified atom stereocenters. The maximum atomic E-state index is 12.6. The average Bonchev–Trinajstić information content (AvgIpc) is 2.80. The van der Waals surface area contributed by atoms with Crippen molar-refractivity contribution in [2.45, 2.75) is 25.8 Å². The molecule has 0 radical (unpaired) electrons. The predicted molar refractivity (Wildman–Crippen MR) is 117 cm³/mol. The van der Waals surface area contributed by atoms with Crippen molar-refractivity contribution >= 4 is 35.3 Å². The van der Waals surface area contributed by atoms with E-state index in [-0.39, 0.29) is 25.2 Å². The fraction of sp³-hybridized carbons (Fsp3) is 0.261.